The van der Waals surface area contributed by atoms with Gasteiger partial charge in [-0.2, -0.15) is 0 Å². The average Bonchev–Trinajstić information content (AvgIpc) is 3.03. The van der Waals surface area contributed by atoms with Gasteiger partial charge >= 0.3 is 0 Å². The first-order chi connectivity index (χ1) is 12.6. The number of carbonyl (C=O) groups excluding carboxylic acids is 1. The lowest BCUT2D eigenvalue weighted by Gasteiger charge is -2.16. The lowest BCUT2D eigenvalue weighted by Crippen LogP contribution is -2.28. The minimum atomic E-state index is -0.198. The molecular weight excluding hydrogens is 335 g/mol. The predicted octanol–water partition coefficient (Wildman–Crippen LogP) is 2.28. The Morgan fingerprint density at radius 3 is 2.65 bits per heavy atom. The van der Waals surface area contributed by atoms with Crippen LogP contribution in [0.3, 0.4) is 0 Å². The number of nitrogens with zero attached hydrogens (tertiary/aromatic N) is 2. The van der Waals surface area contributed by atoms with Gasteiger partial charge in [0.2, 0.25) is 0 Å². The van der Waals surface area contributed by atoms with Crippen molar-refractivity contribution in [3.8, 4) is 5.75 Å². The summed E-state index contributed by atoms with van der Waals surface area (Å²) in [7, 11) is 0. The first kappa shape index (κ1) is 18.5. The zero-order valence-electron chi connectivity index (χ0n) is 14.5. The summed E-state index contributed by atoms with van der Waals surface area (Å²) in [4.78, 5) is 18.3. The van der Waals surface area contributed by atoms with Crippen LogP contribution in [-0.2, 0) is 6.42 Å². The van der Waals surface area contributed by atoms with E-state index in [9.17, 15) is 19.4 Å². The van der Waals surface area contributed by atoms with Crippen molar-refractivity contribution in [2.45, 2.75) is 12.8 Å². The van der Waals surface area contributed by atoms with E-state index in [1.807, 2.05) is 11.0 Å². The summed E-state index contributed by atoms with van der Waals surface area (Å²) in [6.07, 6.45) is 2.65. The second kappa shape index (κ2) is 8.38. The van der Waals surface area contributed by atoms with Gasteiger partial charge in [-0.15, -0.1) is 0 Å². The largest absolute Gasteiger partial charge is 0.506 e. The number of ketones is 1. The van der Waals surface area contributed by atoms with E-state index in [1.165, 1.54) is 24.4 Å². The molecule has 0 radical (unpaired) electrons. The highest BCUT2D eigenvalue weighted by molar-refractivity contribution is 5.95. The lowest BCUT2D eigenvalue weighted by molar-refractivity contribution is 0.0935. The molecule has 6 heteroatoms. The van der Waals surface area contributed by atoms with Gasteiger partial charge in [-0.05, 0) is 48.4 Å². The van der Waals surface area contributed by atoms with Crippen LogP contribution in [-0.4, -0.2) is 52.1 Å². The maximum Gasteiger partial charge on any atom is 0.195 e. The van der Waals surface area contributed by atoms with Crippen LogP contribution < -0.4 is 0 Å². The number of hydrogen-bond acceptors (Lipinski definition) is 5. The third-order valence-electron chi connectivity index (χ3n) is 5.03. The monoisotopic (exact) mass is 358 g/mol. The van der Waals surface area contributed by atoms with E-state index >= 15 is 0 Å². The van der Waals surface area contributed by atoms with Gasteiger partial charge in [-0.3, -0.25) is 9.69 Å². The quantitative estimate of drug-likeness (QED) is 0.743. The summed E-state index contributed by atoms with van der Waals surface area (Å²) < 4.78 is 13.8. The van der Waals surface area contributed by atoms with Crippen molar-refractivity contribution in [1.29, 1.82) is 0 Å². The average molecular weight is 358 g/mol. The SMILES string of the molecule is O=C(CN1C[C@@H](CCc2ccccc2F)[C@@H](CO)C1)c1ccc(O)cn1. The second-order valence-electron chi connectivity index (χ2n) is 6.85. The number of aliphatic hydroxyl groups excluding tert-OH is 1. The maximum absolute atomic E-state index is 13.8. The molecule has 5 nitrogen and oxygen atoms in total. The smallest absolute Gasteiger partial charge is 0.195 e. The summed E-state index contributed by atoms with van der Waals surface area (Å²) in [5.74, 6) is 0.0201. The lowest BCUT2D eigenvalue weighted by atomic mass is 9.90. The fourth-order valence-electron chi connectivity index (χ4n) is 3.58. The van der Waals surface area contributed by atoms with Gasteiger partial charge in [0.25, 0.3) is 0 Å². The number of carbonyl (C=O) groups is 1. The Bertz CT molecular complexity index is 751. The van der Waals surface area contributed by atoms with Crippen LogP contribution in [0.5, 0.6) is 5.75 Å². The molecule has 2 N–H and O–H groups in total. The van der Waals surface area contributed by atoms with Gasteiger partial charge in [0.15, 0.2) is 5.78 Å². The molecule has 2 aromatic rings. The number of likely N-dealkylation sites (tertiary alicyclic amines) is 1. The normalized spacial score (nSPS) is 20.4. The van der Waals surface area contributed by atoms with Gasteiger partial charge in [0, 0.05) is 19.7 Å². The fourth-order valence-corrected chi connectivity index (χ4v) is 3.58. The molecule has 1 aliphatic heterocycles. The van der Waals surface area contributed by atoms with E-state index in [1.54, 1.807) is 12.1 Å². The van der Waals surface area contributed by atoms with Gasteiger partial charge < -0.3 is 10.2 Å². The standard InChI is InChI=1S/C20H23FN2O3/c21-18-4-2-1-3-14(18)5-6-15-10-23(11-16(15)13-24)12-20(26)19-8-7-17(25)9-22-19/h1-4,7-9,15-16,24-25H,5-6,10-13H2/t15-,16-/m1/s1. The van der Waals surface area contributed by atoms with Crippen molar-refractivity contribution in [3.05, 3.63) is 59.7 Å². The number of benzene rings is 1. The molecule has 1 saturated heterocycles. The zero-order chi connectivity index (χ0) is 18.5. The van der Waals surface area contributed by atoms with E-state index < -0.39 is 0 Å². The van der Waals surface area contributed by atoms with Crippen LogP contribution in [0.1, 0.15) is 22.5 Å². The number of aryl methyl sites for hydroxylation is 1. The summed E-state index contributed by atoms with van der Waals surface area (Å²) in [5.41, 5.74) is 1.00. The van der Waals surface area contributed by atoms with E-state index in [2.05, 4.69) is 4.98 Å². The van der Waals surface area contributed by atoms with Crippen LogP contribution in [0, 0.1) is 17.7 Å². The summed E-state index contributed by atoms with van der Waals surface area (Å²) in [6, 6.07) is 9.70. The molecule has 0 amide bonds. The Labute approximate surface area is 152 Å². The Balaban J connectivity index is 1.57. The van der Waals surface area contributed by atoms with Crippen LogP contribution in [0.15, 0.2) is 42.6 Å². The van der Waals surface area contributed by atoms with E-state index in [-0.39, 0.29) is 42.3 Å². The number of Topliss-reactive ketones (excluding diaryl/α,β-unsaturated/α-hetero) is 1. The predicted molar refractivity (Wildman–Crippen MR) is 95.5 cm³/mol. The third-order valence-corrected chi connectivity index (χ3v) is 5.03. The maximum atomic E-state index is 13.8. The van der Waals surface area contributed by atoms with Crippen molar-refractivity contribution >= 4 is 5.78 Å². The number of hydrogen-bond donors (Lipinski definition) is 2. The molecule has 3 rings (SSSR count). The van der Waals surface area contributed by atoms with Crippen molar-refractivity contribution in [2.75, 3.05) is 26.2 Å². The number of rotatable bonds is 7. The number of aromatic hydroxyl groups is 1. The van der Waals surface area contributed by atoms with Crippen molar-refractivity contribution in [3.63, 3.8) is 0 Å². The van der Waals surface area contributed by atoms with Crippen molar-refractivity contribution in [1.82, 2.24) is 9.88 Å². The van der Waals surface area contributed by atoms with Crippen LogP contribution in [0.2, 0.25) is 0 Å². The zero-order valence-corrected chi connectivity index (χ0v) is 14.5. The Morgan fingerprint density at radius 2 is 1.96 bits per heavy atom. The number of aliphatic hydroxyl groups is 1. The topological polar surface area (TPSA) is 73.7 Å². The highest BCUT2D eigenvalue weighted by atomic mass is 19.1. The molecule has 26 heavy (non-hydrogen) atoms. The minimum Gasteiger partial charge on any atom is -0.506 e. The van der Waals surface area contributed by atoms with Crippen LogP contribution in [0.4, 0.5) is 4.39 Å². The highest BCUT2D eigenvalue weighted by Gasteiger charge is 2.33. The molecule has 0 saturated carbocycles. The number of pyridine rings is 1. The molecule has 2 atom stereocenters. The molecule has 138 valence electrons. The van der Waals surface area contributed by atoms with Gasteiger partial charge in [0.1, 0.15) is 17.3 Å². The van der Waals surface area contributed by atoms with Crippen LogP contribution in [0.25, 0.3) is 0 Å². The van der Waals surface area contributed by atoms with E-state index in [0.717, 1.165) is 6.42 Å². The molecule has 0 spiro atoms. The number of aromatic nitrogens is 1. The molecule has 1 aromatic carbocycles. The van der Waals surface area contributed by atoms with Crippen molar-refractivity contribution in [2.24, 2.45) is 11.8 Å². The minimum absolute atomic E-state index is 0.0243. The third kappa shape index (κ3) is 4.45. The van der Waals surface area contributed by atoms with Gasteiger partial charge in [0.05, 0.1) is 12.7 Å². The fraction of sp³-hybridized carbons (Fsp3) is 0.400. The summed E-state index contributed by atoms with van der Waals surface area (Å²) in [6.45, 7) is 1.63. The Morgan fingerprint density at radius 1 is 1.19 bits per heavy atom. The molecule has 1 fully saturated rings. The van der Waals surface area contributed by atoms with E-state index in [0.29, 0.717) is 30.8 Å². The Kier molecular flexibility index (Phi) is 5.96. The molecular formula is C20H23FN2O3. The molecule has 1 aromatic heterocycles. The van der Waals surface area contributed by atoms with Crippen LogP contribution >= 0.6 is 0 Å². The van der Waals surface area contributed by atoms with Gasteiger partial charge in [-0.25, -0.2) is 9.37 Å². The summed E-state index contributed by atoms with van der Waals surface area (Å²) in [5, 5.41) is 18.9. The number of halogens is 1. The second-order valence-corrected chi connectivity index (χ2v) is 6.85. The molecule has 1 aliphatic rings. The highest BCUT2D eigenvalue weighted by Crippen LogP contribution is 2.28. The van der Waals surface area contributed by atoms with E-state index in [4.69, 9.17) is 0 Å². The Hall–Kier alpha value is -2.31. The first-order valence-corrected chi connectivity index (χ1v) is 8.81. The van der Waals surface area contributed by atoms with Gasteiger partial charge in [-0.1, -0.05) is 18.2 Å². The molecule has 0 unspecified atom stereocenters. The molecule has 0 bridgehead atoms. The molecule has 0 aliphatic carbocycles. The van der Waals surface area contributed by atoms with Crippen molar-refractivity contribution < 1.29 is 19.4 Å². The summed E-state index contributed by atoms with van der Waals surface area (Å²) >= 11 is 0. The molecule has 2 heterocycles. The first-order valence-electron chi connectivity index (χ1n) is 8.81.